The maximum Gasteiger partial charge on any atom is 0.404 e. The Hall–Kier alpha value is -4.75. The van der Waals surface area contributed by atoms with Crippen LogP contribution in [0, 0.1) is 17.2 Å². The highest BCUT2D eigenvalue weighted by atomic mass is 35.5. The minimum absolute atomic E-state index is 0.170. The average molecular weight is 654 g/mol. The van der Waals surface area contributed by atoms with Crippen LogP contribution in [-0.4, -0.2) is 30.4 Å². The molecule has 2 atom stereocenters. The summed E-state index contributed by atoms with van der Waals surface area (Å²) in [6.45, 7) is 0.792. The van der Waals surface area contributed by atoms with E-state index >= 15 is 0 Å². The fourth-order valence-corrected chi connectivity index (χ4v) is 6.06. The number of rotatable bonds is 10. The molecule has 238 valence electrons. The highest BCUT2D eigenvalue weighted by Gasteiger charge is 2.38. The van der Waals surface area contributed by atoms with Crippen molar-refractivity contribution in [1.29, 1.82) is 5.26 Å². The van der Waals surface area contributed by atoms with E-state index in [1.54, 1.807) is 18.2 Å². The number of nitrogens with one attached hydrogen (secondary N) is 2. The molecule has 0 bridgehead atoms. The molecule has 1 aliphatic carbocycles. The van der Waals surface area contributed by atoms with E-state index in [4.69, 9.17) is 17.3 Å². The summed E-state index contributed by atoms with van der Waals surface area (Å²) >= 11 is 6.91. The summed E-state index contributed by atoms with van der Waals surface area (Å²) in [7, 11) is 0. The van der Waals surface area contributed by atoms with E-state index in [-0.39, 0.29) is 17.3 Å². The third-order valence-electron chi connectivity index (χ3n) is 8.32. The number of carbonyl (C=O) groups is 1. The lowest BCUT2D eigenvalue weighted by Crippen LogP contribution is -2.41. The van der Waals surface area contributed by atoms with Crippen molar-refractivity contribution in [1.82, 2.24) is 5.32 Å². The van der Waals surface area contributed by atoms with E-state index in [1.807, 2.05) is 66.7 Å². The molecule has 5 aromatic carbocycles. The normalized spacial score (nSPS) is 14.9. The van der Waals surface area contributed by atoms with E-state index in [0.29, 0.717) is 16.6 Å². The third kappa shape index (κ3) is 7.31. The number of alkyl halides is 3. The molecular weight excluding hydrogens is 623 g/mol. The number of fused-ring (bicyclic) bond motifs is 2. The van der Waals surface area contributed by atoms with Gasteiger partial charge in [0.25, 0.3) is 5.91 Å². The Kier molecular flexibility index (Phi) is 9.28. The molecule has 0 aromatic heterocycles. The van der Waals surface area contributed by atoms with Crippen LogP contribution in [0.2, 0.25) is 5.02 Å². The molecule has 1 aliphatic rings. The van der Waals surface area contributed by atoms with Gasteiger partial charge >= 0.3 is 6.18 Å². The van der Waals surface area contributed by atoms with Gasteiger partial charge in [-0.2, -0.15) is 18.4 Å². The molecular formula is C37H31ClF3N5O. The number of aliphatic imine (C=N–C) groups is 1. The quantitative estimate of drug-likeness (QED) is 0.104. The van der Waals surface area contributed by atoms with Crippen molar-refractivity contribution in [2.24, 2.45) is 16.6 Å². The van der Waals surface area contributed by atoms with Crippen molar-refractivity contribution in [2.75, 3.05) is 11.9 Å². The predicted molar refractivity (Wildman–Crippen MR) is 181 cm³/mol. The van der Waals surface area contributed by atoms with Crippen LogP contribution >= 0.6 is 11.6 Å². The first-order valence-corrected chi connectivity index (χ1v) is 15.6. The van der Waals surface area contributed by atoms with Crippen molar-refractivity contribution < 1.29 is 18.0 Å². The number of carbonyl (C=O) groups excluding carboxylic acids is 1. The second-order valence-electron chi connectivity index (χ2n) is 11.8. The largest absolute Gasteiger partial charge is 0.404 e. The lowest BCUT2D eigenvalue weighted by molar-refractivity contribution is -0.145. The van der Waals surface area contributed by atoms with Gasteiger partial charge in [-0.15, -0.1) is 0 Å². The minimum atomic E-state index is -4.74. The Morgan fingerprint density at radius 2 is 1.57 bits per heavy atom. The number of halogens is 4. The zero-order valence-corrected chi connectivity index (χ0v) is 25.9. The molecule has 1 fully saturated rings. The molecule has 4 N–H and O–H groups in total. The first kappa shape index (κ1) is 32.2. The number of nitrogens with zero attached hydrogens (tertiary/aromatic N) is 2. The van der Waals surface area contributed by atoms with Gasteiger partial charge in [0.1, 0.15) is 11.8 Å². The van der Waals surface area contributed by atoms with Crippen LogP contribution in [0.3, 0.4) is 0 Å². The topological polar surface area (TPSA) is 103 Å². The molecule has 0 radical (unpaired) electrons. The highest BCUT2D eigenvalue weighted by molar-refractivity contribution is 6.43. The summed E-state index contributed by atoms with van der Waals surface area (Å²) in [6, 6.07) is 28.6. The first-order valence-electron chi connectivity index (χ1n) is 15.3. The van der Waals surface area contributed by atoms with E-state index in [1.165, 1.54) is 18.2 Å². The zero-order valence-electron chi connectivity index (χ0n) is 25.2. The van der Waals surface area contributed by atoms with E-state index in [0.717, 1.165) is 52.1 Å². The minimum Gasteiger partial charge on any atom is -0.321 e. The van der Waals surface area contributed by atoms with Crippen LogP contribution < -0.4 is 16.4 Å². The second-order valence-corrected chi connectivity index (χ2v) is 12.1. The average Bonchev–Trinajstić information content (AvgIpc) is 3.90. The van der Waals surface area contributed by atoms with Gasteiger partial charge in [0.15, 0.2) is 0 Å². The number of anilines is 1. The molecule has 2 unspecified atom stereocenters. The number of nitriles is 1. The van der Waals surface area contributed by atoms with Crippen LogP contribution in [0.4, 0.5) is 24.5 Å². The van der Waals surface area contributed by atoms with E-state index < -0.39 is 30.3 Å². The van der Waals surface area contributed by atoms with Crippen molar-refractivity contribution in [3.63, 3.8) is 0 Å². The number of benzene rings is 5. The van der Waals surface area contributed by atoms with Crippen molar-refractivity contribution in [2.45, 2.75) is 37.5 Å². The molecule has 0 heterocycles. The lowest BCUT2D eigenvalue weighted by atomic mass is 9.88. The van der Waals surface area contributed by atoms with Gasteiger partial charge in [-0.3, -0.25) is 4.79 Å². The second kappa shape index (κ2) is 13.5. The van der Waals surface area contributed by atoms with E-state index in [9.17, 15) is 23.2 Å². The van der Waals surface area contributed by atoms with Gasteiger partial charge in [-0.1, -0.05) is 78.3 Å². The number of hydrogen-bond acceptors (Lipinski definition) is 5. The molecule has 0 aliphatic heterocycles. The van der Waals surface area contributed by atoms with Crippen LogP contribution in [0.25, 0.3) is 21.5 Å². The molecule has 0 spiro atoms. The first-order chi connectivity index (χ1) is 22.6. The summed E-state index contributed by atoms with van der Waals surface area (Å²) in [5.74, 6) is -0.254. The summed E-state index contributed by atoms with van der Waals surface area (Å²) in [6.07, 6.45) is -3.28. The van der Waals surface area contributed by atoms with Crippen LogP contribution in [-0.2, 0) is 4.79 Å². The van der Waals surface area contributed by atoms with Gasteiger partial charge in [-0.25, -0.2) is 4.99 Å². The van der Waals surface area contributed by atoms with Gasteiger partial charge in [0.2, 0.25) is 0 Å². The Labute approximate surface area is 275 Å². The Balaban J connectivity index is 1.39. The Bertz CT molecular complexity index is 1980. The molecule has 10 heteroatoms. The van der Waals surface area contributed by atoms with Crippen molar-refractivity contribution in [3.05, 3.63) is 119 Å². The highest BCUT2D eigenvalue weighted by Crippen LogP contribution is 2.41. The Morgan fingerprint density at radius 3 is 2.19 bits per heavy atom. The zero-order chi connectivity index (χ0) is 33.1. The molecule has 47 heavy (non-hydrogen) atoms. The van der Waals surface area contributed by atoms with Gasteiger partial charge < -0.3 is 16.4 Å². The molecule has 6 rings (SSSR count). The van der Waals surface area contributed by atoms with Gasteiger partial charge in [-0.05, 0) is 77.5 Å². The maximum absolute atomic E-state index is 13.5. The fourth-order valence-electron chi connectivity index (χ4n) is 5.73. The standard InChI is InChI=1S/C37H31ClF3N5O/c38-34-29-13-3-1-11-27(29)33(28-12-2-4-14-30(28)34)35(44-21-22-15-16-22)24-8-6-10-26(18-24)46-36(47)31(19-32(43)37(39,40)41)45-25-9-5-7-23(17-25)20-42/h1-14,17-18,22,32,35,44H,15-16,19,21,43H2,(H,46,47). The summed E-state index contributed by atoms with van der Waals surface area (Å²) in [4.78, 5) is 17.7. The molecule has 0 saturated heterocycles. The van der Waals surface area contributed by atoms with Crippen LogP contribution in [0.1, 0.15) is 42.0 Å². The van der Waals surface area contributed by atoms with Gasteiger partial charge in [0.05, 0.1) is 28.4 Å². The number of nitrogens with two attached hydrogens (primary N) is 1. The van der Waals surface area contributed by atoms with Crippen molar-refractivity contribution in [3.8, 4) is 6.07 Å². The Morgan fingerprint density at radius 1 is 0.936 bits per heavy atom. The summed E-state index contributed by atoms with van der Waals surface area (Å²) in [5, 5.41) is 20.3. The predicted octanol–water partition coefficient (Wildman–Crippen LogP) is 8.60. The maximum atomic E-state index is 13.5. The molecule has 1 saturated carbocycles. The third-order valence-corrected chi connectivity index (χ3v) is 8.72. The SMILES string of the molecule is N#Cc1cccc(N=C(CC(N)C(F)(F)F)C(=O)Nc2cccc(C(NCC3CC3)c3c4ccccc4c(Cl)c4ccccc34)c2)c1. The monoisotopic (exact) mass is 653 g/mol. The number of amides is 1. The summed E-state index contributed by atoms with van der Waals surface area (Å²) in [5.41, 5.74) is 7.72. The number of hydrogen-bond donors (Lipinski definition) is 3. The van der Waals surface area contributed by atoms with Crippen LogP contribution in [0.15, 0.2) is 102 Å². The van der Waals surface area contributed by atoms with Crippen LogP contribution in [0.5, 0.6) is 0 Å². The van der Waals surface area contributed by atoms with E-state index in [2.05, 4.69) is 15.6 Å². The molecule has 5 aromatic rings. The summed E-state index contributed by atoms with van der Waals surface area (Å²) < 4.78 is 40.4. The molecule has 6 nitrogen and oxygen atoms in total. The smallest absolute Gasteiger partial charge is 0.321 e. The molecule has 1 amide bonds. The van der Waals surface area contributed by atoms with Crippen molar-refractivity contribution >= 4 is 56.1 Å². The fraction of sp³-hybridized carbons (Fsp3) is 0.216. The van der Waals surface area contributed by atoms with Gasteiger partial charge in [0, 0.05) is 22.9 Å². The lowest BCUT2D eigenvalue weighted by Gasteiger charge is -2.25.